The lowest BCUT2D eigenvalue weighted by Gasteiger charge is -2.08. The van der Waals surface area contributed by atoms with Crippen LogP contribution in [0.5, 0.6) is 0 Å². The molecule has 0 bridgehead atoms. The summed E-state index contributed by atoms with van der Waals surface area (Å²) in [5, 5.41) is 3.35. The molecule has 0 saturated carbocycles. The molecule has 0 radical (unpaired) electrons. The SMILES string of the molecule is Cc1ccc(CNCCCN(C)C)o1. The monoisotopic (exact) mass is 196 g/mol. The van der Waals surface area contributed by atoms with Gasteiger partial charge in [-0.25, -0.2) is 0 Å². The van der Waals surface area contributed by atoms with Crippen LogP contribution in [-0.2, 0) is 6.54 Å². The van der Waals surface area contributed by atoms with Crippen molar-refractivity contribution in [3.05, 3.63) is 23.7 Å². The van der Waals surface area contributed by atoms with E-state index in [1.807, 2.05) is 19.1 Å². The lowest BCUT2D eigenvalue weighted by atomic mass is 10.4. The lowest BCUT2D eigenvalue weighted by Crippen LogP contribution is -2.20. The Balaban J connectivity index is 2.04. The largest absolute Gasteiger partial charge is 0.465 e. The maximum absolute atomic E-state index is 5.44. The van der Waals surface area contributed by atoms with Crippen LogP contribution < -0.4 is 5.32 Å². The van der Waals surface area contributed by atoms with E-state index in [1.165, 1.54) is 6.42 Å². The highest BCUT2D eigenvalue weighted by molar-refractivity contribution is 5.04. The average Bonchev–Trinajstić information content (AvgIpc) is 2.50. The predicted molar refractivity (Wildman–Crippen MR) is 58.3 cm³/mol. The lowest BCUT2D eigenvalue weighted by molar-refractivity contribution is 0.389. The molecule has 0 saturated heterocycles. The van der Waals surface area contributed by atoms with E-state index in [9.17, 15) is 0 Å². The summed E-state index contributed by atoms with van der Waals surface area (Å²) >= 11 is 0. The summed E-state index contributed by atoms with van der Waals surface area (Å²) in [7, 11) is 4.19. The number of nitrogens with zero attached hydrogens (tertiary/aromatic N) is 1. The molecule has 3 nitrogen and oxygen atoms in total. The highest BCUT2D eigenvalue weighted by Gasteiger charge is 1.97. The van der Waals surface area contributed by atoms with E-state index < -0.39 is 0 Å². The van der Waals surface area contributed by atoms with Gasteiger partial charge in [-0.3, -0.25) is 0 Å². The average molecular weight is 196 g/mol. The van der Waals surface area contributed by atoms with E-state index in [1.54, 1.807) is 0 Å². The van der Waals surface area contributed by atoms with Crippen LogP contribution in [0.1, 0.15) is 17.9 Å². The van der Waals surface area contributed by atoms with Crippen molar-refractivity contribution >= 4 is 0 Å². The van der Waals surface area contributed by atoms with Crippen molar-refractivity contribution in [1.29, 1.82) is 0 Å². The van der Waals surface area contributed by atoms with Crippen molar-refractivity contribution < 1.29 is 4.42 Å². The third kappa shape index (κ3) is 4.44. The van der Waals surface area contributed by atoms with Gasteiger partial charge in [0.2, 0.25) is 0 Å². The molecule has 14 heavy (non-hydrogen) atoms. The zero-order chi connectivity index (χ0) is 10.4. The van der Waals surface area contributed by atoms with Gasteiger partial charge < -0.3 is 14.6 Å². The normalized spacial score (nSPS) is 11.1. The number of nitrogens with one attached hydrogen (secondary N) is 1. The van der Waals surface area contributed by atoms with Crippen LogP contribution in [0.4, 0.5) is 0 Å². The summed E-state index contributed by atoms with van der Waals surface area (Å²) in [4.78, 5) is 2.19. The second-order valence-electron chi connectivity index (χ2n) is 3.85. The molecule has 0 aliphatic heterocycles. The molecule has 1 aromatic heterocycles. The van der Waals surface area contributed by atoms with Gasteiger partial charge in [-0.1, -0.05) is 0 Å². The fourth-order valence-corrected chi connectivity index (χ4v) is 1.31. The topological polar surface area (TPSA) is 28.4 Å². The van der Waals surface area contributed by atoms with Gasteiger partial charge in [-0.15, -0.1) is 0 Å². The molecule has 0 aliphatic carbocycles. The quantitative estimate of drug-likeness (QED) is 0.701. The van der Waals surface area contributed by atoms with Gasteiger partial charge in [0.15, 0.2) is 0 Å². The summed E-state index contributed by atoms with van der Waals surface area (Å²) in [5.41, 5.74) is 0. The van der Waals surface area contributed by atoms with E-state index in [0.29, 0.717) is 0 Å². The molecule has 0 amide bonds. The van der Waals surface area contributed by atoms with Crippen molar-refractivity contribution in [3.8, 4) is 0 Å². The van der Waals surface area contributed by atoms with E-state index in [-0.39, 0.29) is 0 Å². The molecule has 3 heteroatoms. The van der Waals surface area contributed by atoms with Crippen LogP contribution in [0.2, 0.25) is 0 Å². The summed E-state index contributed by atoms with van der Waals surface area (Å²) in [5.74, 6) is 2.00. The summed E-state index contributed by atoms with van der Waals surface area (Å²) in [6, 6.07) is 4.02. The molecule has 1 aromatic rings. The highest BCUT2D eigenvalue weighted by atomic mass is 16.3. The zero-order valence-electron chi connectivity index (χ0n) is 9.34. The minimum Gasteiger partial charge on any atom is -0.465 e. The minimum absolute atomic E-state index is 0.835. The molecule has 0 spiro atoms. The predicted octanol–water partition coefficient (Wildman–Crippen LogP) is 1.63. The highest BCUT2D eigenvalue weighted by Crippen LogP contribution is 2.05. The molecule has 1 heterocycles. The molecule has 1 N–H and O–H groups in total. The number of aryl methyl sites for hydroxylation is 1. The maximum Gasteiger partial charge on any atom is 0.117 e. The maximum atomic E-state index is 5.44. The first kappa shape index (κ1) is 11.3. The minimum atomic E-state index is 0.835. The number of furan rings is 1. The van der Waals surface area contributed by atoms with Crippen LogP contribution in [0.3, 0.4) is 0 Å². The molecule has 0 aromatic carbocycles. The Hall–Kier alpha value is -0.800. The fraction of sp³-hybridized carbons (Fsp3) is 0.636. The van der Waals surface area contributed by atoms with Gasteiger partial charge in [0.25, 0.3) is 0 Å². The van der Waals surface area contributed by atoms with Crippen molar-refractivity contribution in [2.24, 2.45) is 0 Å². The van der Waals surface area contributed by atoms with Crippen LogP contribution in [0, 0.1) is 6.92 Å². The first-order valence-electron chi connectivity index (χ1n) is 5.09. The van der Waals surface area contributed by atoms with Crippen LogP contribution in [0.25, 0.3) is 0 Å². The Morgan fingerprint density at radius 1 is 1.36 bits per heavy atom. The van der Waals surface area contributed by atoms with Crippen molar-refractivity contribution in [1.82, 2.24) is 10.2 Å². The van der Waals surface area contributed by atoms with Gasteiger partial charge in [0.05, 0.1) is 6.54 Å². The van der Waals surface area contributed by atoms with E-state index in [2.05, 4.69) is 24.3 Å². The number of hydrogen-bond acceptors (Lipinski definition) is 3. The Morgan fingerprint density at radius 2 is 2.14 bits per heavy atom. The Kier molecular flexibility index (Phi) is 4.70. The molecule has 0 unspecified atom stereocenters. The smallest absolute Gasteiger partial charge is 0.117 e. The first-order valence-corrected chi connectivity index (χ1v) is 5.09. The summed E-state index contributed by atoms with van der Waals surface area (Å²) in [6.07, 6.45) is 1.17. The van der Waals surface area contributed by atoms with Crippen molar-refractivity contribution in [2.75, 3.05) is 27.2 Å². The van der Waals surface area contributed by atoms with Crippen LogP contribution >= 0.6 is 0 Å². The molecule has 0 atom stereocenters. The second kappa shape index (κ2) is 5.83. The Labute approximate surface area is 86.1 Å². The number of hydrogen-bond donors (Lipinski definition) is 1. The second-order valence-corrected chi connectivity index (χ2v) is 3.85. The van der Waals surface area contributed by atoms with Gasteiger partial charge >= 0.3 is 0 Å². The van der Waals surface area contributed by atoms with Gasteiger partial charge in [0, 0.05) is 0 Å². The molecular formula is C11H20N2O. The van der Waals surface area contributed by atoms with Crippen molar-refractivity contribution in [3.63, 3.8) is 0 Å². The molecule has 80 valence electrons. The molecule has 1 rings (SSSR count). The van der Waals surface area contributed by atoms with Crippen molar-refractivity contribution in [2.45, 2.75) is 19.9 Å². The van der Waals surface area contributed by atoms with Crippen LogP contribution in [-0.4, -0.2) is 32.1 Å². The summed E-state index contributed by atoms with van der Waals surface area (Å²) < 4.78 is 5.44. The molecular weight excluding hydrogens is 176 g/mol. The standard InChI is InChI=1S/C11H20N2O/c1-10-5-6-11(14-10)9-12-7-4-8-13(2)3/h5-6,12H,4,7-9H2,1-3H3. The third-order valence-electron chi connectivity index (χ3n) is 2.05. The van der Waals surface area contributed by atoms with Gasteiger partial charge in [-0.2, -0.15) is 0 Å². The first-order chi connectivity index (χ1) is 6.68. The number of rotatable bonds is 6. The third-order valence-corrected chi connectivity index (χ3v) is 2.05. The summed E-state index contributed by atoms with van der Waals surface area (Å²) in [6.45, 7) is 4.97. The van der Waals surface area contributed by atoms with Crippen LogP contribution in [0.15, 0.2) is 16.5 Å². The fourth-order valence-electron chi connectivity index (χ4n) is 1.31. The van der Waals surface area contributed by atoms with Gasteiger partial charge in [0.1, 0.15) is 11.5 Å². The Morgan fingerprint density at radius 3 is 2.71 bits per heavy atom. The molecule has 0 aliphatic rings. The van der Waals surface area contributed by atoms with E-state index in [4.69, 9.17) is 4.42 Å². The Bertz CT molecular complexity index is 256. The zero-order valence-corrected chi connectivity index (χ0v) is 9.34. The molecule has 0 fully saturated rings. The van der Waals surface area contributed by atoms with Gasteiger partial charge in [-0.05, 0) is 52.7 Å². The van der Waals surface area contributed by atoms with E-state index >= 15 is 0 Å². The van der Waals surface area contributed by atoms with E-state index in [0.717, 1.165) is 31.2 Å².